The van der Waals surface area contributed by atoms with Crippen LogP contribution in [0.15, 0.2) is 46.9 Å². The van der Waals surface area contributed by atoms with Crippen molar-refractivity contribution >= 4 is 15.9 Å². The standard InChI is InChI=1S/C16H18BrNO/c1-3-12-6-4-5-7-15(12)19-16-10-13(17)8-9-14(16)11(2)18/h4-11H,3,18H2,1-2H3. The summed E-state index contributed by atoms with van der Waals surface area (Å²) < 4.78 is 7.05. The van der Waals surface area contributed by atoms with Crippen molar-refractivity contribution in [1.29, 1.82) is 0 Å². The monoisotopic (exact) mass is 319 g/mol. The molecule has 0 radical (unpaired) electrons. The molecule has 19 heavy (non-hydrogen) atoms. The highest BCUT2D eigenvalue weighted by molar-refractivity contribution is 9.10. The summed E-state index contributed by atoms with van der Waals surface area (Å²) in [6.45, 7) is 4.08. The lowest BCUT2D eigenvalue weighted by atomic mass is 10.1. The van der Waals surface area contributed by atoms with Crippen LogP contribution >= 0.6 is 15.9 Å². The lowest BCUT2D eigenvalue weighted by molar-refractivity contribution is 0.466. The largest absolute Gasteiger partial charge is 0.457 e. The van der Waals surface area contributed by atoms with E-state index in [4.69, 9.17) is 10.5 Å². The number of halogens is 1. The highest BCUT2D eigenvalue weighted by Gasteiger charge is 2.11. The molecule has 2 nitrogen and oxygen atoms in total. The fourth-order valence-corrected chi connectivity index (χ4v) is 2.33. The zero-order chi connectivity index (χ0) is 13.8. The SMILES string of the molecule is CCc1ccccc1Oc1cc(Br)ccc1C(C)N. The Kier molecular flexibility index (Phi) is 4.61. The predicted octanol–water partition coefficient (Wildman–Crippen LogP) is 4.82. The molecule has 0 saturated carbocycles. The Labute approximate surface area is 122 Å². The normalized spacial score (nSPS) is 12.2. The Morgan fingerprint density at radius 2 is 1.89 bits per heavy atom. The van der Waals surface area contributed by atoms with Gasteiger partial charge < -0.3 is 10.5 Å². The van der Waals surface area contributed by atoms with Crippen LogP contribution < -0.4 is 10.5 Å². The van der Waals surface area contributed by atoms with Crippen molar-refractivity contribution in [3.8, 4) is 11.5 Å². The van der Waals surface area contributed by atoms with Gasteiger partial charge in [0.2, 0.25) is 0 Å². The zero-order valence-corrected chi connectivity index (χ0v) is 12.8. The molecule has 2 N–H and O–H groups in total. The molecule has 0 heterocycles. The summed E-state index contributed by atoms with van der Waals surface area (Å²) in [5.74, 6) is 1.70. The topological polar surface area (TPSA) is 35.2 Å². The molecule has 0 fully saturated rings. The predicted molar refractivity (Wildman–Crippen MR) is 82.6 cm³/mol. The zero-order valence-electron chi connectivity index (χ0n) is 11.2. The smallest absolute Gasteiger partial charge is 0.133 e. The van der Waals surface area contributed by atoms with Crippen molar-refractivity contribution < 1.29 is 4.74 Å². The fourth-order valence-electron chi connectivity index (χ4n) is 1.99. The van der Waals surface area contributed by atoms with Crippen molar-refractivity contribution in [2.75, 3.05) is 0 Å². The molecule has 2 rings (SSSR count). The van der Waals surface area contributed by atoms with Gasteiger partial charge in [-0.05, 0) is 37.1 Å². The second-order valence-corrected chi connectivity index (χ2v) is 5.45. The average Bonchev–Trinajstić information content (AvgIpc) is 2.39. The number of para-hydroxylation sites is 1. The second kappa shape index (κ2) is 6.22. The third-order valence-electron chi connectivity index (χ3n) is 3.04. The van der Waals surface area contributed by atoms with Crippen molar-refractivity contribution in [2.45, 2.75) is 26.3 Å². The quantitative estimate of drug-likeness (QED) is 0.876. The number of rotatable bonds is 4. The molecule has 1 unspecified atom stereocenters. The van der Waals surface area contributed by atoms with E-state index >= 15 is 0 Å². The maximum absolute atomic E-state index is 6.06. The first kappa shape index (κ1) is 14.1. The van der Waals surface area contributed by atoms with Gasteiger partial charge in [-0.25, -0.2) is 0 Å². The van der Waals surface area contributed by atoms with Gasteiger partial charge in [-0.1, -0.05) is 47.1 Å². The van der Waals surface area contributed by atoms with Crippen molar-refractivity contribution in [3.05, 3.63) is 58.1 Å². The molecule has 2 aromatic rings. The summed E-state index contributed by atoms with van der Waals surface area (Å²) >= 11 is 3.47. The van der Waals surface area contributed by atoms with Crippen molar-refractivity contribution in [1.82, 2.24) is 0 Å². The Balaban J connectivity index is 2.39. The van der Waals surface area contributed by atoms with Crippen LogP contribution in [0.1, 0.15) is 31.0 Å². The Morgan fingerprint density at radius 1 is 1.16 bits per heavy atom. The van der Waals surface area contributed by atoms with Crippen LogP contribution in [-0.2, 0) is 6.42 Å². The summed E-state index contributed by atoms with van der Waals surface area (Å²) in [6.07, 6.45) is 0.942. The van der Waals surface area contributed by atoms with E-state index in [1.165, 1.54) is 5.56 Å². The Bertz CT molecular complexity index is 566. The summed E-state index contributed by atoms with van der Waals surface area (Å²) in [7, 11) is 0. The first-order chi connectivity index (χ1) is 9.11. The number of aryl methyl sites for hydroxylation is 1. The molecule has 100 valence electrons. The molecule has 0 aliphatic heterocycles. The first-order valence-electron chi connectivity index (χ1n) is 6.42. The molecule has 0 amide bonds. The highest BCUT2D eigenvalue weighted by Crippen LogP contribution is 2.33. The van der Waals surface area contributed by atoms with E-state index in [0.717, 1.165) is 28.0 Å². The lowest BCUT2D eigenvalue weighted by Gasteiger charge is -2.16. The molecule has 0 spiro atoms. The van der Waals surface area contributed by atoms with Crippen LogP contribution in [-0.4, -0.2) is 0 Å². The van der Waals surface area contributed by atoms with Gasteiger partial charge in [-0.15, -0.1) is 0 Å². The average molecular weight is 320 g/mol. The Morgan fingerprint density at radius 3 is 2.58 bits per heavy atom. The number of benzene rings is 2. The van der Waals surface area contributed by atoms with Crippen LogP contribution in [0, 0.1) is 0 Å². The van der Waals surface area contributed by atoms with Gasteiger partial charge in [-0.3, -0.25) is 0 Å². The molecule has 0 aliphatic rings. The van der Waals surface area contributed by atoms with Crippen LogP contribution in [0.5, 0.6) is 11.5 Å². The van der Waals surface area contributed by atoms with E-state index in [0.29, 0.717) is 0 Å². The molecular formula is C16H18BrNO. The van der Waals surface area contributed by atoms with Gasteiger partial charge in [-0.2, -0.15) is 0 Å². The molecule has 0 aromatic heterocycles. The van der Waals surface area contributed by atoms with Gasteiger partial charge in [0.05, 0.1) is 0 Å². The van der Waals surface area contributed by atoms with E-state index in [-0.39, 0.29) is 6.04 Å². The minimum Gasteiger partial charge on any atom is -0.457 e. The third kappa shape index (κ3) is 3.37. The highest BCUT2D eigenvalue weighted by atomic mass is 79.9. The summed E-state index contributed by atoms with van der Waals surface area (Å²) in [4.78, 5) is 0. The van der Waals surface area contributed by atoms with Gasteiger partial charge in [0.1, 0.15) is 11.5 Å². The van der Waals surface area contributed by atoms with Crippen LogP contribution in [0.25, 0.3) is 0 Å². The number of hydrogen-bond acceptors (Lipinski definition) is 2. The Hall–Kier alpha value is -1.32. The molecule has 3 heteroatoms. The van der Waals surface area contributed by atoms with Crippen LogP contribution in [0.4, 0.5) is 0 Å². The molecule has 0 aliphatic carbocycles. The molecule has 1 atom stereocenters. The molecule has 0 saturated heterocycles. The molecular weight excluding hydrogens is 302 g/mol. The summed E-state index contributed by atoms with van der Waals surface area (Å²) in [5.41, 5.74) is 8.19. The minimum absolute atomic E-state index is 0.0584. The second-order valence-electron chi connectivity index (χ2n) is 4.53. The lowest BCUT2D eigenvalue weighted by Crippen LogP contribution is -2.06. The van der Waals surface area contributed by atoms with Gasteiger partial charge in [0, 0.05) is 16.1 Å². The number of ether oxygens (including phenoxy) is 1. The van der Waals surface area contributed by atoms with E-state index in [9.17, 15) is 0 Å². The van der Waals surface area contributed by atoms with Gasteiger partial charge >= 0.3 is 0 Å². The third-order valence-corrected chi connectivity index (χ3v) is 3.53. The van der Waals surface area contributed by atoms with E-state index in [1.54, 1.807) is 0 Å². The van der Waals surface area contributed by atoms with Crippen molar-refractivity contribution in [2.24, 2.45) is 5.73 Å². The van der Waals surface area contributed by atoms with E-state index in [1.807, 2.05) is 43.3 Å². The number of hydrogen-bond donors (Lipinski definition) is 1. The minimum atomic E-state index is -0.0584. The summed E-state index contributed by atoms with van der Waals surface area (Å²) in [5, 5.41) is 0. The van der Waals surface area contributed by atoms with E-state index in [2.05, 4.69) is 28.9 Å². The van der Waals surface area contributed by atoms with Crippen molar-refractivity contribution in [3.63, 3.8) is 0 Å². The van der Waals surface area contributed by atoms with Gasteiger partial charge in [0.25, 0.3) is 0 Å². The number of nitrogens with two attached hydrogens (primary N) is 1. The molecule has 2 aromatic carbocycles. The molecule has 0 bridgehead atoms. The maximum atomic E-state index is 6.06. The van der Waals surface area contributed by atoms with Gasteiger partial charge in [0.15, 0.2) is 0 Å². The fraction of sp³-hybridized carbons (Fsp3) is 0.250. The van der Waals surface area contributed by atoms with E-state index < -0.39 is 0 Å². The van der Waals surface area contributed by atoms with Crippen LogP contribution in [0.3, 0.4) is 0 Å². The first-order valence-corrected chi connectivity index (χ1v) is 7.22. The summed E-state index contributed by atoms with van der Waals surface area (Å²) in [6, 6.07) is 14.0. The maximum Gasteiger partial charge on any atom is 0.133 e. The van der Waals surface area contributed by atoms with Crippen LogP contribution in [0.2, 0.25) is 0 Å².